The number of hydrogen-bond acceptors (Lipinski definition) is 4. The molecule has 0 bridgehead atoms. The molecule has 1 atom stereocenters. The maximum Gasteiger partial charge on any atom is 0.254 e. The van der Waals surface area contributed by atoms with Crippen LogP contribution < -0.4 is 15.0 Å². The van der Waals surface area contributed by atoms with Crippen molar-refractivity contribution >= 4 is 29.1 Å². The summed E-state index contributed by atoms with van der Waals surface area (Å²) in [6.45, 7) is 3.61. The summed E-state index contributed by atoms with van der Waals surface area (Å²) in [5.41, 5.74) is 2.60. The third-order valence-electron chi connectivity index (χ3n) is 5.00. The minimum Gasteiger partial charge on any atom is -0.496 e. The SMILES string of the molecule is COc1cc(C(=O)N(C)CC(=O)N2c3ccccc3NC(=O)CC2C)ccc1C. The van der Waals surface area contributed by atoms with Gasteiger partial charge in [0.25, 0.3) is 5.91 Å². The zero-order valence-corrected chi connectivity index (χ0v) is 17.1. The molecule has 0 aromatic heterocycles. The number of carbonyl (C=O) groups is 3. The van der Waals surface area contributed by atoms with Gasteiger partial charge in [0.05, 0.1) is 18.5 Å². The minimum atomic E-state index is -0.325. The maximum absolute atomic E-state index is 13.1. The molecule has 3 amide bonds. The van der Waals surface area contributed by atoms with E-state index in [2.05, 4.69) is 5.32 Å². The third kappa shape index (κ3) is 4.23. The largest absolute Gasteiger partial charge is 0.496 e. The second-order valence-electron chi connectivity index (χ2n) is 7.23. The number of fused-ring (bicyclic) bond motifs is 1. The van der Waals surface area contributed by atoms with Gasteiger partial charge in [-0.05, 0) is 43.7 Å². The van der Waals surface area contributed by atoms with E-state index in [4.69, 9.17) is 4.74 Å². The Morgan fingerprint density at radius 2 is 1.97 bits per heavy atom. The monoisotopic (exact) mass is 395 g/mol. The van der Waals surface area contributed by atoms with E-state index in [1.165, 1.54) is 4.90 Å². The molecule has 0 radical (unpaired) electrons. The van der Waals surface area contributed by atoms with Gasteiger partial charge >= 0.3 is 0 Å². The van der Waals surface area contributed by atoms with E-state index in [0.717, 1.165) is 5.56 Å². The summed E-state index contributed by atoms with van der Waals surface area (Å²) in [7, 11) is 3.14. The molecule has 0 saturated heterocycles. The van der Waals surface area contributed by atoms with Crippen LogP contribution in [-0.4, -0.2) is 49.4 Å². The highest BCUT2D eigenvalue weighted by atomic mass is 16.5. The number of rotatable bonds is 4. The topological polar surface area (TPSA) is 79.0 Å². The molecule has 2 aromatic carbocycles. The molecule has 152 valence electrons. The van der Waals surface area contributed by atoms with Gasteiger partial charge < -0.3 is 19.9 Å². The Labute approximate surface area is 170 Å². The number of nitrogens with zero attached hydrogens (tertiary/aromatic N) is 2. The molecule has 0 fully saturated rings. The van der Waals surface area contributed by atoms with Crippen molar-refractivity contribution in [3.8, 4) is 5.75 Å². The fourth-order valence-corrected chi connectivity index (χ4v) is 3.49. The van der Waals surface area contributed by atoms with Crippen molar-refractivity contribution in [3.63, 3.8) is 0 Å². The smallest absolute Gasteiger partial charge is 0.254 e. The number of hydrogen-bond donors (Lipinski definition) is 1. The summed E-state index contributed by atoms with van der Waals surface area (Å²) in [5.74, 6) is -0.0512. The standard InChI is InChI=1S/C22H25N3O4/c1-14-9-10-16(12-19(14)29-4)22(28)24(3)13-21(27)25-15(2)11-20(26)23-17-7-5-6-8-18(17)25/h5-10,12,15H,11,13H2,1-4H3,(H,23,26). The van der Waals surface area contributed by atoms with Crippen molar-refractivity contribution in [1.29, 1.82) is 0 Å². The van der Waals surface area contributed by atoms with Gasteiger partial charge in [-0.2, -0.15) is 0 Å². The van der Waals surface area contributed by atoms with Crippen molar-refractivity contribution in [1.82, 2.24) is 4.90 Å². The second-order valence-corrected chi connectivity index (χ2v) is 7.23. The Balaban J connectivity index is 1.82. The Kier molecular flexibility index (Phi) is 5.87. The fourth-order valence-electron chi connectivity index (χ4n) is 3.49. The number of likely N-dealkylation sites (N-methyl/N-ethyl adjacent to an activating group) is 1. The van der Waals surface area contributed by atoms with E-state index < -0.39 is 0 Å². The molecule has 1 aliphatic rings. The molecule has 1 aliphatic heterocycles. The second kappa shape index (κ2) is 8.34. The Morgan fingerprint density at radius 3 is 2.69 bits per heavy atom. The molecule has 2 aromatic rings. The Morgan fingerprint density at radius 1 is 1.24 bits per heavy atom. The number of anilines is 2. The highest BCUT2D eigenvalue weighted by Crippen LogP contribution is 2.31. The first-order valence-corrected chi connectivity index (χ1v) is 9.43. The number of para-hydroxylation sites is 2. The van der Waals surface area contributed by atoms with Crippen LogP contribution >= 0.6 is 0 Å². The van der Waals surface area contributed by atoms with Gasteiger partial charge in [-0.15, -0.1) is 0 Å². The van der Waals surface area contributed by atoms with Crippen molar-refractivity contribution in [2.75, 3.05) is 30.9 Å². The summed E-state index contributed by atoms with van der Waals surface area (Å²) < 4.78 is 5.28. The van der Waals surface area contributed by atoms with Crippen LogP contribution in [-0.2, 0) is 9.59 Å². The number of methoxy groups -OCH3 is 1. The molecule has 29 heavy (non-hydrogen) atoms. The average molecular weight is 395 g/mol. The highest BCUT2D eigenvalue weighted by molar-refractivity contribution is 6.06. The number of benzene rings is 2. The number of ether oxygens (including phenoxy) is 1. The molecule has 1 unspecified atom stereocenters. The number of aryl methyl sites for hydroxylation is 1. The van der Waals surface area contributed by atoms with Crippen LogP contribution in [0, 0.1) is 6.92 Å². The zero-order chi connectivity index (χ0) is 21.1. The zero-order valence-electron chi connectivity index (χ0n) is 17.1. The molecule has 1 heterocycles. The van der Waals surface area contributed by atoms with Gasteiger partial charge in [-0.1, -0.05) is 18.2 Å². The fraction of sp³-hybridized carbons (Fsp3) is 0.318. The summed E-state index contributed by atoms with van der Waals surface area (Å²) in [6.07, 6.45) is 0.188. The summed E-state index contributed by atoms with van der Waals surface area (Å²) >= 11 is 0. The third-order valence-corrected chi connectivity index (χ3v) is 5.00. The van der Waals surface area contributed by atoms with Gasteiger partial charge in [-0.3, -0.25) is 14.4 Å². The summed E-state index contributed by atoms with van der Waals surface area (Å²) in [5, 5.41) is 2.83. The lowest BCUT2D eigenvalue weighted by Gasteiger charge is -2.29. The highest BCUT2D eigenvalue weighted by Gasteiger charge is 2.30. The molecule has 7 heteroatoms. The molecule has 7 nitrogen and oxygen atoms in total. The first kappa shape index (κ1) is 20.4. The molecule has 3 rings (SSSR count). The van der Waals surface area contributed by atoms with E-state index in [1.807, 2.05) is 26.0 Å². The van der Waals surface area contributed by atoms with Crippen LogP contribution in [0.2, 0.25) is 0 Å². The predicted octanol–water partition coefficient (Wildman–Crippen LogP) is 2.84. The maximum atomic E-state index is 13.1. The normalized spacial score (nSPS) is 15.8. The number of amides is 3. The molecule has 0 saturated carbocycles. The van der Waals surface area contributed by atoms with Crippen molar-refractivity contribution in [2.45, 2.75) is 26.3 Å². The van der Waals surface area contributed by atoms with Gasteiger partial charge in [-0.25, -0.2) is 0 Å². The predicted molar refractivity (Wildman–Crippen MR) is 111 cm³/mol. The van der Waals surface area contributed by atoms with Crippen molar-refractivity contribution in [2.24, 2.45) is 0 Å². The van der Waals surface area contributed by atoms with Crippen LogP contribution in [0.15, 0.2) is 42.5 Å². The van der Waals surface area contributed by atoms with Crippen molar-refractivity contribution < 1.29 is 19.1 Å². The molecule has 0 spiro atoms. The van der Waals surface area contributed by atoms with Crippen LogP contribution in [0.5, 0.6) is 5.75 Å². The van der Waals surface area contributed by atoms with Gasteiger partial charge in [0.15, 0.2) is 0 Å². The lowest BCUT2D eigenvalue weighted by molar-refractivity contribution is -0.119. The minimum absolute atomic E-state index is 0.109. The van der Waals surface area contributed by atoms with Crippen LogP contribution in [0.25, 0.3) is 0 Å². The van der Waals surface area contributed by atoms with Crippen LogP contribution in [0.4, 0.5) is 11.4 Å². The van der Waals surface area contributed by atoms with Crippen LogP contribution in [0.1, 0.15) is 29.3 Å². The lowest BCUT2D eigenvalue weighted by Crippen LogP contribution is -2.45. The molecular formula is C22H25N3O4. The van der Waals surface area contributed by atoms with Crippen LogP contribution in [0.3, 0.4) is 0 Å². The van der Waals surface area contributed by atoms with E-state index in [1.54, 1.807) is 49.4 Å². The van der Waals surface area contributed by atoms with Gasteiger partial charge in [0, 0.05) is 25.1 Å². The quantitative estimate of drug-likeness (QED) is 0.863. The van der Waals surface area contributed by atoms with E-state index in [0.29, 0.717) is 22.7 Å². The average Bonchev–Trinajstić information content (AvgIpc) is 2.81. The van der Waals surface area contributed by atoms with Gasteiger partial charge in [0.2, 0.25) is 11.8 Å². The lowest BCUT2D eigenvalue weighted by atomic mass is 10.1. The molecule has 1 N–H and O–H groups in total. The number of nitrogens with one attached hydrogen (secondary N) is 1. The van der Waals surface area contributed by atoms with E-state index >= 15 is 0 Å². The first-order valence-electron chi connectivity index (χ1n) is 9.43. The summed E-state index contributed by atoms with van der Waals surface area (Å²) in [4.78, 5) is 41.0. The summed E-state index contributed by atoms with van der Waals surface area (Å²) in [6, 6.07) is 12.1. The first-order chi connectivity index (χ1) is 13.8. The van der Waals surface area contributed by atoms with E-state index in [9.17, 15) is 14.4 Å². The van der Waals surface area contributed by atoms with E-state index in [-0.39, 0.29) is 36.7 Å². The Hall–Kier alpha value is -3.35. The Bertz CT molecular complexity index is 957. The molecular weight excluding hydrogens is 370 g/mol. The van der Waals surface area contributed by atoms with Gasteiger partial charge in [0.1, 0.15) is 12.3 Å². The van der Waals surface area contributed by atoms with Crippen molar-refractivity contribution in [3.05, 3.63) is 53.6 Å². The number of carbonyl (C=O) groups excluding carboxylic acids is 3. The molecule has 0 aliphatic carbocycles.